The SMILES string of the molecule is O=C(NN=Cc1cccc(F)c1)c1cccc(S(=O)(=O)N2CCCCC2)c1. The van der Waals surface area contributed by atoms with E-state index in [0.717, 1.165) is 19.3 Å². The van der Waals surface area contributed by atoms with Gasteiger partial charge in [0.05, 0.1) is 11.1 Å². The van der Waals surface area contributed by atoms with Gasteiger partial charge in [-0.25, -0.2) is 18.2 Å². The molecule has 1 heterocycles. The Morgan fingerprint density at radius 2 is 1.81 bits per heavy atom. The van der Waals surface area contributed by atoms with Crippen molar-refractivity contribution in [3.63, 3.8) is 0 Å². The number of hydrogen-bond donors (Lipinski definition) is 1. The van der Waals surface area contributed by atoms with Crippen molar-refractivity contribution < 1.29 is 17.6 Å². The van der Waals surface area contributed by atoms with E-state index in [1.807, 2.05) is 0 Å². The van der Waals surface area contributed by atoms with Gasteiger partial charge in [0, 0.05) is 18.7 Å². The highest BCUT2D eigenvalue weighted by Crippen LogP contribution is 2.21. The van der Waals surface area contributed by atoms with Gasteiger partial charge in [-0.05, 0) is 48.7 Å². The van der Waals surface area contributed by atoms with E-state index in [9.17, 15) is 17.6 Å². The molecule has 8 heteroatoms. The van der Waals surface area contributed by atoms with Gasteiger partial charge in [-0.3, -0.25) is 4.79 Å². The van der Waals surface area contributed by atoms with E-state index in [-0.39, 0.29) is 10.5 Å². The molecule has 2 aromatic rings. The molecule has 0 spiro atoms. The van der Waals surface area contributed by atoms with Crippen LogP contribution in [0.5, 0.6) is 0 Å². The lowest BCUT2D eigenvalue weighted by Gasteiger charge is -2.25. The predicted molar refractivity (Wildman–Crippen MR) is 101 cm³/mol. The average molecular weight is 389 g/mol. The number of amides is 1. The van der Waals surface area contributed by atoms with Crippen molar-refractivity contribution in [3.8, 4) is 0 Å². The molecule has 6 nitrogen and oxygen atoms in total. The van der Waals surface area contributed by atoms with Crippen LogP contribution in [0.15, 0.2) is 58.5 Å². The lowest BCUT2D eigenvalue weighted by atomic mass is 10.2. The normalized spacial score (nSPS) is 15.7. The molecule has 27 heavy (non-hydrogen) atoms. The first kappa shape index (κ1) is 19.2. The number of hydrazone groups is 1. The maximum absolute atomic E-state index is 13.1. The van der Waals surface area contributed by atoms with E-state index >= 15 is 0 Å². The molecule has 0 radical (unpaired) electrons. The largest absolute Gasteiger partial charge is 0.271 e. The molecular weight excluding hydrogens is 369 g/mol. The summed E-state index contributed by atoms with van der Waals surface area (Å²) < 4.78 is 40.0. The Labute approximate surface area is 157 Å². The van der Waals surface area contributed by atoms with Gasteiger partial charge in [0.25, 0.3) is 5.91 Å². The van der Waals surface area contributed by atoms with Crippen LogP contribution in [0.1, 0.15) is 35.2 Å². The van der Waals surface area contributed by atoms with Crippen molar-refractivity contribution in [1.82, 2.24) is 9.73 Å². The third-order valence-electron chi connectivity index (χ3n) is 4.28. The van der Waals surface area contributed by atoms with Gasteiger partial charge >= 0.3 is 0 Å². The predicted octanol–water partition coefficient (Wildman–Crippen LogP) is 2.76. The molecule has 1 saturated heterocycles. The van der Waals surface area contributed by atoms with Crippen LogP contribution in [0.3, 0.4) is 0 Å². The molecular formula is C19H20FN3O3S. The Kier molecular flexibility index (Phi) is 5.98. The van der Waals surface area contributed by atoms with Crippen LogP contribution in [-0.4, -0.2) is 37.9 Å². The van der Waals surface area contributed by atoms with Crippen LogP contribution in [0.2, 0.25) is 0 Å². The number of nitrogens with zero attached hydrogens (tertiary/aromatic N) is 2. The maximum atomic E-state index is 13.1. The van der Waals surface area contributed by atoms with E-state index in [0.29, 0.717) is 18.7 Å². The summed E-state index contributed by atoms with van der Waals surface area (Å²) in [5.41, 5.74) is 3.01. The van der Waals surface area contributed by atoms with Gasteiger partial charge in [-0.1, -0.05) is 24.6 Å². The first-order chi connectivity index (χ1) is 13.0. The minimum Gasteiger partial charge on any atom is -0.267 e. The zero-order chi connectivity index (χ0) is 19.3. The highest BCUT2D eigenvalue weighted by atomic mass is 32.2. The van der Waals surface area contributed by atoms with E-state index in [4.69, 9.17) is 0 Å². The second-order valence-electron chi connectivity index (χ2n) is 6.25. The fraction of sp³-hybridized carbons (Fsp3) is 0.263. The fourth-order valence-electron chi connectivity index (χ4n) is 2.87. The zero-order valence-corrected chi connectivity index (χ0v) is 15.5. The molecule has 142 valence electrons. The fourth-order valence-corrected chi connectivity index (χ4v) is 4.43. The summed E-state index contributed by atoms with van der Waals surface area (Å²) >= 11 is 0. The number of rotatable bonds is 5. The van der Waals surface area contributed by atoms with E-state index in [1.54, 1.807) is 6.07 Å². The molecule has 0 unspecified atom stereocenters. The molecule has 1 aliphatic rings. The summed E-state index contributed by atoms with van der Waals surface area (Å²) in [6.07, 6.45) is 4.02. The van der Waals surface area contributed by atoms with Crippen LogP contribution < -0.4 is 5.43 Å². The van der Waals surface area contributed by atoms with Crippen molar-refractivity contribution in [2.75, 3.05) is 13.1 Å². The van der Waals surface area contributed by atoms with Crippen molar-refractivity contribution in [3.05, 3.63) is 65.5 Å². The van der Waals surface area contributed by atoms with E-state index in [2.05, 4.69) is 10.5 Å². The van der Waals surface area contributed by atoms with Gasteiger partial charge in [-0.2, -0.15) is 9.41 Å². The van der Waals surface area contributed by atoms with Gasteiger partial charge in [-0.15, -0.1) is 0 Å². The van der Waals surface area contributed by atoms with Gasteiger partial charge in [0.2, 0.25) is 10.0 Å². The van der Waals surface area contributed by atoms with Crippen LogP contribution in [-0.2, 0) is 10.0 Å². The van der Waals surface area contributed by atoms with Crippen molar-refractivity contribution in [1.29, 1.82) is 0 Å². The lowest BCUT2D eigenvalue weighted by Crippen LogP contribution is -2.35. The van der Waals surface area contributed by atoms with Crippen LogP contribution in [0.25, 0.3) is 0 Å². The standard InChI is InChI=1S/C19H20FN3O3S/c20-17-8-4-6-15(12-17)14-21-22-19(24)16-7-5-9-18(13-16)27(25,26)23-10-2-1-3-11-23/h4-9,12-14H,1-3,10-11H2,(H,22,24). The topological polar surface area (TPSA) is 78.8 Å². The lowest BCUT2D eigenvalue weighted by molar-refractivity contribution is 0.0955. The quantitative estimate of drug-likeness (QED) is 0.631. The summed E-state index contributed by atoms with van der Waals surface area (Å²) in [6, 6.07) is 11.6. The van der Waals surface area contributed by atoms with Crippen LogP contribution >= 0.6 is 0 Å². The number of halogens is 1. The minimum absolute atomic E-state index is 0.0890. The molecule has 1 N–H and O–H groups in total. The van der Waals surface area contributed by atoms with Crippen LogP contribution in [0, 0.1) is 5.82 Å². The van der Waals surface area contributed by atoms with Crippen molar-refractivity contribution >= 4 is 22.1 Å². The summed E-state index contributed by atoms with van der Waals surface area (Å²) in [4.78, 5) is 12.3. The third kappa shape index (κ3) is 4.78. The Morgan fingerprint density at radius 3 is 2.56 bits per heavy atom. The monoisotopic (exact) mass is 389 g/mol. The smallest absolute Gasteiger partial charge is 0.267 e. The number of carbonyl (C=O) groups is 1. The molecule has 1 fully saturated rings. The number of sulfonamides is 1. The van der Waals surface area contributed by atoms with Crippen molar-refractivity contribution in [2.45, 2.75) is 24.2 Å². The molecule has 0 saturated carbocycles. The molecule has 0 bridgehead atoms. The highest BCUT2D eigenvalue weighted by molar-refractivity contribution is 7.89. The average Bonchev–Trinajstić information content (AvgIpc) is 2.69. The number of carbonyl (C=O) groups excluding carboxylic acids is 1. The molecule has 2 aromatic carbocycles. The summed E-state index contributed by atoms with van der Waals surface area (Å²) in [6.45, 7) is 0.993. The highest BCUT2D eigenvalue weighted by Gasteiger charge is 2.26. The number of benzene rings is 2. The maximum Gasteiger partial charge on any atom is 0.271 e. The summed E-state index contributed by atoms with van der Waals surface area (Å²) in [5.74, 6) is -0.945. The number of nitrogens with one attached hydrogen (secondary N) is 1. The Hall–Kier alpha value is -2.58. The van der Waals surface area contributed by atoms with Crippen molar-refractivity contribution in [2.24, 2.45) is 5.10 Å². The third-order valence-corrected chi connectivity index (χ3v) is 6.17. The first-order valence-electron chi connectivity index (χ1n) is 8.66. The molecule has 0 aromatic heterocycles. The Morgan fingerprint density at radius 1 is 1.07 bits per heavy atom. The summed E-state index contributed by atoms with van der Waals surface area (Å²) in [7, 11) is -3.61. The molecule has 1 aliphatic heterocycles. The van der Waals surface area contributed by atoms with Gasteiger partial charge in [0.15, 0.2) is 0 Å². The van der Waals surface area contributed by atoms with Crippen LogP contribution in [0.4, 0.5) is 4.39 Å². The molecule has 0 aliphatic carbocycles. The molecule has 0 atom stereocenters. The molecule has 1 amide bonds. The van der Waals surface area contributed by atoms with E-state index < -0.39 is 21.7 Å². The summed E-state index contributed by atoms with van der Waals surface area (Å²) in [5, 5.41) is 3.79. The number of hydrogen-bond acceptors (Lipinski definition) is 4. The van der Waals surface area contributed by atoms with E-state index in [1.165, 1.54) is 53.0 Å². The zero-order valence-electron chi connectivity index (χ0n) is 14.6. The van der Waals surface area contributed by atoms with Gasteiger partial charge < -0.3 is 0 Å². The van der Waals surface area contributed by atoms with Gasteiger partial charge in [0.1, 0.15) is 5.82 Å². The Balaban J connectivity index is 1.72. The number of piperidine rings is 1. The second-order valence-corrected chi connectivity index (χ2v) is 8.18. The first-order valence-corrected chi connectivity index (χ1v) is 10.1. The Bertz CT molecular complexity index is 954. The minimum atomic E-state index is -3.61. The molecule has 3 rings (SSSR count). The second kappa shape index (κ2) is 8.41.